The Bertz CT molecular complexity index is 349. The average Bonchev–Trinajstić information content (AvgIpc) is 2.71. The number of hydrogen-bond acceptors (Lipinski definition) is 1. The maximum Gasteiger partial charge on any atom is 1.00 e. The van der Waals surface area contributed by atoms with Gasteiger partial charge in [0, 0.05) is 18.5 Å². The number of amides is 1. The molecule has 1 heterocycles. The second-order valence-electron chi connectivity index (χ2n) is 5.73. The van der Waals surface area contributed by atoms with E-state index in [0.717, 1.165) is 13.1 Å². The largest absolute Gasteiger partial charge is 1.00 e. The Morgan fingerprint density at radius 1 is 0.704 bits per heavy atom. The molecule has 0 spiro atoms. The fourth-order valence-electron chi connectivity index (χ4n) is 1.39. The standard InChI is InChI=1S/C9H17NO.3BF4.K.H/c1-9(2,3)8(11)10-6-4-5-7-10;3*2-1(3,4)5;;/h4-7H2,1-3H3;;;;;/q;3*-1;+1;-1. The van der Waals surface area contributed by atoms with Gasteiger partial charge in [-0.25, -0.2) is 0 Å². The van der Waals surface area contributed by atoms with Crippen molar-refractivity contribution in [2.75, 3.05) is 13.1 Å². The second kappa shape index (κ2) is 14.4. The Morgan fingerprint density at radius 2 is 0.889 bits per heavy atom. The van der Waals surface area contributed by atoms with Crippen LogP contribution in [-0.4, -0.2) is 45.7 Å². The zero-order chi connectivity index (χ0) is 22.0. The van der Waals surface area contributed by atoms with Crippen molar-refractivity contribution in [3.8, 4) is 0 Å². The minimum atomic E-state index is -6.00. The summed E-state index contributed by atoms with van der Waals surface area (Å²) in [5.74, 6) is 0.301. The molecule has 1 rings (SSSR count). The molecular weight excluding hydrogens is 438 g/mol. The summed E-state index contributed by atoms with van der Waals surface area (Å²) in [6.45, 7) is 7.88. The predicted molar refractivity (Wildman–Crippen MR) is 76.9 cm³/mol. The average molecular weight is 456 g/mol. The van der Waals surface area contributed by atoms with E-state index in [9.17, 15) is 56.6 Å². The fraction of sp³-hybridized carbons (Fsp3) is 0.889. The van der Waals surface area contributed by atoms with Gasteiger partial charge in [0.1, 0.15) is 0 Å². The van der Waals surface area contributed by atoms with Crippen molar-refractivity contribution >= 4 is 27.7 Å². The zero-order valence-electron chi connectivity index (χ0n) is 16.0. The molecule has 0 aromatic carbocycles. The van der Waals surface area contributed by atoms with Gasteiger partial charge in [-0.1, -0.05) is 20.8 Å². The van der Waals surface area contributed by atoms with E-state index in [2.05, 4.69) is 0 Å². The van der Waals surface area contributed by atoms with E-state index in [1.807, 2.05) is 25.7 Å². The van der Waals surface area contributed by atoms with Gasteiger partial charge < -0.3 is 58.1 Å². The third-order valence-electron chi connectivity index (χ3n) is 2.03. The maximum atomic E-state index is 11.6. The smallest absolute Gasteiger partial charge is 1.00 e. The Kier molecular flexibility index (Phi) is 18.7. The molecule has 1 aliphatic rings. The van der Waals surface area contributed by atoms with E-state index in [1.165, 1.54) is 12.8 Å². The van der Waals surface area contributed by atoms with Crippen LogP contribution in [0.1, 0.15) is 35.0 Å². The van der Waals surface area contributed by atoms with Crippen LogP contribution in [0.5, 0.6) is 0 Å². The van der Waals surface area contributed by atoms with Gasteiger partial charge in [-0.3, -0.25) is 4.79 Å². The molecule has 0 aromatic rings. The molecule has 1 aliphatic heterocycles. The third kappa shape index (κ3) is 51.9. The van der Waals surface area contributed by atoms with Crippen molar-refractivity contribution in [2.45, 2.75) is 33.6 Å². The van der Waals surface area contributed by atoms with Crippen LogP contribution in [0.25, 0.3) is 0 Å². The van der Waals surface area contributed by atoms with E-state index in [4.69, 9.17) is 0 Å². The van der Waals surface area contributed by atoms with E-state index in [0.29, 0.717) is 5.91 Å². The van der Waals surface area contributed by atoms with Gasteiger partial charge in [-0.2, -0.15) is 0 Å². The Morgan fingerprint density at radius 3 is 1.04 bits per heavy atom. The van der Waals surface area contributed by atoms with E-state index in [-0.39, 0.29) is 58.2 Å². The van der Waals surface area contributed by atoms with Crippen LogP contribution >= 0.6 is 0 Å². The normalized spacial score (nSPS) is 14.4. The first-order valence-corrected chi connectivity index (χ1v) is 6.93. The minimum absolute atomic E-state index is 0. The number of likely N-dealkylation sites (tertiary alicyclic amines) is 1. The first kappa shape index (κ1) is 34.9. The van der Waals surface area contributed by atoms with Crippen LogP contribution in [0.4, 0.5) is 51.8 Å². The number of rotatable bonds is 0. The first-order chi connectivity index (χ1) is 11.0. The fourth-order valence-corrected chi connectivity index (χ4v) is 1.39. The van der Waals surface area contributed by atoms with Crippen molar-refractivity contribution < 1.29 is 109 Å². The van der Waals surface area contributed by atoms with Gasteiger partial charge in [0.15, 0.2) is 0 Å². The van der Waals surface area contributed by atoms with Gasteiger partial charge in [0.05, 0.1) is 0 Å². The first-order valence-electron chi connectivity index (χ1n) is 6.93. The van der Waals surface area contributed by atoms with Gasteiger partial charge in [0.2, 0.25) is 5.91 Å². The molecular formula is C9H18B3F12KNO-3. The van der Waals surface area contributed by atoms with Crippen LogP contribution < -0.4 is 51.4 Å². The molecule has 1 amide bonds. The van der Waals surface area contributed by atoms with Gasteiger partial charge in [-0.15, -0.1) is 0 Å². The van der Waals surface area contributed by atoms with Gasteiger partial charge in [-0.05, 0) is 12.8 Å². The molecule has 0 atom stereocenters. The zero-order valence-corrected chi connectivity index (χ0v) is 18.1. The molecule has 0 aliphatic carbocycles. The quantitative estimate of drug-likeness (QED) is 0.406. The summed E-state index contributed by atoms with van der Waals surface area (Å²) in [5.41, 5.74) is -0.190. The van der Waals surface area contributed by atoms with Crippen LogP contribution in [0.2, 0.25) is 0 Å². The topological polar surface area (TPSA) is 20.3 Å². The molecule has 27 heavy (non-hydrogen) atoms. The van der Waals surface area contributed by atoms with E-state index >= 15 is 0 Å². The van der Waals surface area contributed by atoms with Gasteiger partial charge in [0.25, 0.3) is 0 Å². The Labute approximate surface area is 193 Å². The number of halogens is 12. The van der Waals surface area contributed by atoms with Crippen molar-refractivity contribution in [3.05, 3.63) is 0 Å². The number of carbonyl (C=O) groups excluding carboxylic acids is 1. The Hall–Kier alpha value is 0.461. The molecule has 162 valence electrons. The van der Waals surface area contributed by atoms with E-state index in [1.54, 1.807) is 0 Å². The Balaban J connectivity index is -0.0000000896. The molecule has 2 nitrogen and oxygen atoms in total. The van der Waals surface area contributed by atoms with E-state index < -0.39 is 21.8 Å². The van der Waals surface area contributed by atoms with Crippen LogP contribution in [-0.2, 0) is 4.79 Å². The second-order valence-corrected chi connectivity index (χ2v) is 5.73. The minimum Gasteiger partial charge on any atom is -1.00 e. The molecule has 1 fully saturated rings. The molecule has 0 bridgehead atoms. The summed E-state index contributed by atoms with van der Waals surface area (Å²) in [7, 11) is -18.0. The number of carbonyl (C=O) groups is 1. The van der Waals surface area contributed by atoms with Crippen LogP contribution in [0, 0.1) is 5.41 Å². The number of nitrogens with zero attached hydrogens (tertiary/aromatic N) is 1. The van der Waals surface area contributed by atoms with Crippen molar-refractivity contribution in [1.82, 2.24) is 4.90 Å². The maximum absolute atomic E-state index is 11.6. The SMILES string of the molecule is CC(C)(C)C(=O)N1CCCC1.F[B-](F)(F)F.F[B-](F)(F)F.F[B-](F)(F)F.[H-].[K+]. The summed E-state index contributed by atoms with van der Waals surface area (Å²) in [6, 6.07) is 0. The molecule has 1 saturated heterocycles. The van der Waals surface area contributed by atoms with Crippen molar-refractivity contribution in [2.24, 2.45) is 5.41 Å². The molecule has 0 radical (unpaired) electrons. The number of hydrogen-bond donors (Lipinski definition) is 0. The molecule has 0 N–H and O–H groups in total. The van der Waals surface area contributed by atoms with Crippen molar-refractivity contribution in [3.63, 3.8) is 0 Å². The predicted octanol–water partition coefficient (Wildman–Crippen LogP) is 2.67. The molecule has 0 aromatic heterocycles. The van der Waals surface area contributed by atoms with Crippen molar-refractivity contribution in [1.29, 1.82) is 0 Å². The molecule has 0 unspecified atom stereocenters. The summed E-state index contributed by atoms with van der Waals surface area (Å²) in [5, 5.41) is 0. The third-order valence-corrected chi connectivity index (χ3v) is 2.03. The van der Waals surface area contributed by atoms with Crippen LogP contribution in [0.3, 0.4) is 0 Å². The summed E-state index contributed by atoms with van der Waals surface area (Å²) >= 11 is 0. The monoisotopic (exact) mass is 456 g/mol. The summed E-state index contributed by atoms with van der Waals surface area (Å²) < 4.78 is 117. The van der Waals surface area contributed by atoms with Crippen LogP contribution in [0.15, 0.2) is 0 Å². The van der Waals surface area contributed by atoms with Gasteiger partial charge >= 0.3 is 73.1 Å². The summed E-state index contributed by atoms with van der Waals surface area (Å²) in [4.78, 5) is 13.6. The molecule has 0 saturated carbocycles. The molecule has 18 heteroatoms. The summed E-state index contributed by atoms with van der Waals surface area (Å²) in [6.07, 6.45) is 2.36.